The molecule has 0 amide bonds. The average Bonchev–Trinajstić information content (AvgIpc) is 2.65. The molecule has 0 saturated heterocycles. The number of nitrogens with one attached hydrogen (secondary N) is 1. The summed E-state index contributed by atoms with van der Waals surface area (Å²) in [4.78, 5) is 26.7. The molecule has 1 atom stereocenters. The van der Waals surface area contributed by atoms with Crippen LogP contribution in [0.4, 0.5) is 0 Å². The van der Waals surface area contributed by atoms with E-state index < -0.39 is 0 Å². The molecule has 0 radical (unpaired) electrons. The Morgan fingerprint density at radius 3 is 2.65 bits per heavy atom. The van der Waals surface area contributed by atoms with Crippen LogP contribution in [0.15, 0.2) is 51.7 Å². The number of carbonyl (C=O) groups excluding carboxylic acids is 2. The molecule has 0 unspecified atom stereocenters. The van der Waals surface area contributed by atoms with Crippen molar-refractivity contribution in [3.8, 4) is 0 Å². The largest absolute Gasteiger partial charge is 0.462 e. The molecule has 1 N–H and O–H groups in total. The number of ketones is 1. The van der Waals surface area contributed by atoms with Gasteiger partial charge in [-0.2, -0.15) is 0 Å². The zero-order valence-electron chi connectivity index (χ0n) is 15.6. The van der Waals surface area contributed by atoms with E-state index in [1.165, 1.54) is 0 Å². The zero-order valence-corrected chi connectivity index (χ0v) is 16.4. The summed E-state index contributed by atoms with van der Waals surface area (Å²) in [5.74, 6) is -0.550. The van der Waals surface area contributed by atoms with Gasteiger partial charge in [-0.25, -0.2) is 4.79 Å². The van der Waals surface area contributed by atoms with Gasteiger partial charge in [0.05, 0.1) is 12.2 Å². The molecule has 2 aliphatic rings. The normalized spacial score (nSPS) is 20.0. The lowest BCUT2D eigenvalue weighted by Gasteiger charge is -2.34. The van der Waals surface area contributed by atoms with Crippen LogP contribution < -0.4 is 5.32 Å². The van der Waals surface area contributed by atoms with Crippen LogP contribution in [0.25, 0.3) is 0 Å². The molecule has 3 rings (SSSR count). The van der Waals surface area contributed by atoms with Crippen LogP contribution in [0.3, 0.4) is 0 Å². The SMILES string of the molecule is CCCOC(=O)C1=C(C)NC2=C(C(=O)CCC2)[C@@H]1c1ccc(SC)cc1. The lowest BCUT2D eigenvalue weighted by atomic mass is 9.75. The predicted molar refractivity (Wildman–Crippen MR) is 104 cm³/mol. The minimum Gasteiger partial charge on any atom is -0.462 e. The number of dihydropyridines is 1. The highest BCUT2D eigenvalue weighted by atomic mass is 32.2. The molecule has 4 nitrogen and oxygen atoms in total. The zero-order chi connectivity index (χ0) is 18.7. The maximum atomic E-state index is 12.8. The van der Waals surface area contributed by atoms with Crippen LogP contribution in [-0.4, -0.2) is 24.6 Å². The van der Waals surface area contributed by atoms with Crippen LogP contribution in [0.5, 0.6) is 0 Å². The highest BCUT2D eigenvalue weighted by Crippen LogP contribution is 2.42. The fourth-order valence-corrected chi connectivity index (χ4v) is 4.06. The van der Waals surface area contributed by atoms with Gasteiger partial charge in [0, 0.05) is 34.2 Å². The number of carbonyl (C=O) groups is 2. The molecule has 0 aromatic heterocycles. The molecule has 0 fully saturated rings. The Labute approximate surface area is 159 Å². The average molecular weight is 372 g/mol. The van der Waals surface area contributed by atoms with Crippen LogP contribution in [-0.2, 0) is 14.3 Å². The van der Waals surface area contributed by atoms with E-state index in [9.17, 15) is 9.59 Å². The number of esters is 1. The first kappa shape index (κ1) is 18.8. The fourth-order valence-electron chi connectivity index (χ4n) is 3.66. The lowest BCUT2D eigenvalue weighted by Crippen LogP contribution is -2.34. The van der Waals surface area contributed by atoms with E-state index in [1.807, 2.05) is 44.4 Å². The minimum atomic E-state index is -0.348. The van der Waals surface area contributed by atoms with Crippen LogP contribution >= 0.6 is 11.8 Å². The van der Waals surface area contributed by atoms with Gasteiger partial charge in [0.25, 0.3) is 0 Å². The first-order valence-corrected chi connectivity index (χ1v) is 10.3. The van der Waals surface area contributed by atoms with E-state index >= 15 is 0 Å². The number of hydrogen-bond acceptors (Lipinski definition) is 5. The third kappa shape index (κ3) is 3.58. The van der Waals surface area contributed by atoms with Crippen molar-refractivity contribution in [3.05, 3.63) is 52.4 Å². The van der Waals surface area contributed by atoms with Crippen molar-refractivity contribution in [1.82, 2.24) is 5.32 Å². The van der Waals surface area contributed by atoms with E-state index in [0.717, 1.165) is 46.7 Å². The molecule has 26 heavy (non-hydrogen) atoms. The fraction of sp³-hybridized carbons (Fsp3) is 0.429. The molecule has 5 heteroatoms. The second-order valence-electron chi connectivity index (χ2n) is 6.67. The summed E-state index contributed by atoms with van der Waals surface area (Å²) in [5.41, 5.74) is 4.02. The number of allylic oxidation sites excluding steroid dienone is 3. The molecular weight excluding hydrogens is 346 g/mol. The Balaban J connectivity index is 2.08. The Hall–Kier alpha value is -2.01. The number of rotatable bonds is 5. The van der Waals surface area contributed by atoms with E-state index in [1.54, 1.807) is 11.8 Å². The molecule has 1 aromatic rings. The summed E-state index contributed by atoms with van der Waals surface area (Å²) in [5, 5.41) is 3.31. The molecule has 0 saturated carbocycles. The summed E-state index contributed by atoms with van der Waals surface area (Å²) in [6, 6.07) is 8.13. The summed E-state index contributed by atoms with van der Waals surface area (Å²) < 4.78 is 5.44. The van der Waals surface area contributed by atoms with Gasteiger partial charge in [-0.1, -0.05) is 19.1 Å². The Bertz CT molecular complexity index is 777. The summed E-state index contributed by atoms with van der Waals surface area (Å²) in [6.07, 6.45) is 5.03. The number of ether oxygens (including phenoxy) is 1. The standard InChI is InChI=1S/C21H25NO3S/c1-4-12-25-21(24)18-13(2)22-16-6-5-7-17(23)20(16)19(18)14-8-10-15(26-3)11-9-14/h8-11,19,22H,4-7,12H2,1-3H3/t19-/m1/s1. The van der Waals surface area contributed by atoms with Gasteiger partial charge < -0.3 is 10.1 Å². The molecule has 1 heterocycles. The van der Waals surface area contributed by atoms with Crippen molar-refractivity contribution in [2.45, 2.75) is 50.3 Å². The van der Waals surface area contributed by atoms with E-state index in [0.29, 0.717) is 18.6 Å². The van der Waals surface area contributed by atoms with Gasteiger partial charge in [0.1, 0.15) is 0 Å². The van der Waals surface area contributed by atoms with Crippen molar-refractivity contribution in [3.63, 3.8) is 0 Å². The Kier molecular flexibility index (Phi) is 5.87. The summed E-state index contributed by atoms with van der Waals surface area (Å²) in [7, 11) is 0. The number of benzene rings is 1. The molecular formula is C21H25NO3S. The smallest absolute Gasteiger partial charge is 0.336 e. The lowest BCUT2D eigenvalue weighted by molar-refractivity contribution is -0.139. The molecule has 0 spiro atoms. The number of hydrogen-bond donors (Lipinski definition) is 1. The maximum absolute atomic E-state index is 12.8. The van der Waals surface area contributed by atoms with Crippen molar-refractivity contribution in [2.24, 2.45) is 0 Å². The Morgan fingerprint density at radius 2 is 2.00 bits per heavy atom. The molecule has 1 aliphatic carbocycles. The Morgan fingerprint density at radius 1 is 1.27 bits per heavy atom. The van der Waals surface area contributed by atoms with E-state index in [-0.39, 0.29) is 17.7 Å². The molecule has 1 aromatic carbocycles. The maximum Gasteiger partial charge on any atom is 0.336 e. The number of thioether (sulfide) groups is 1. The van der Waals surface area contributed by atoms with Gasteiger partial charge in [0.15, 0.2) is 5.78 Å². The molecule has 1 aliphatic heterocycles. The van der Waals surface area contributed by atoms with Crippen LogP contribution in [0.1, 0.15) is 51.0 Å². The van der Waals surface area contributed by atoms with Gasteiger partial charge in [-0.15, -0.1) is 11.8 Å². The van der Waals surface area contributed by atoms with Crippen molar-refractivity contribution in [1.29, 1.82) is 0 Å². The van der Waals surface area contributed by atoms with Gasteiger partial charge in [-0.3, -0.25) is 4.79 Å². The van der Waals surface area contributed by atoms with Crippen molar-refractivity contribution >= 4 is 23.5 Å². The second-order valence-corrected chi connectivity index (χ2v) is 7.55. The van der Waals surface area contributed by atoms with Crippen molar-refractivity contribution in [2.75, 3.05) is 12.9 Å². The minimum absolute atomic E-state index is 0.131. The third-order valence-electron chi connectivity index (χ3n) is 4.88. The van der Waals surface area contributed by atoms with E-state index in [4.69, 9.17) is 4.74 Å². The first-order chi connectivity index (χ1) is 12.6. The monoisotopic (exact) mass is 371 g/mol. The first-order valence-electron chi connectivity index (χ1n) is 9.12. The van der Waals surface area contributed by atoms with Gasteiger partial charge >= 0.3 is 5.97 Å². The molecule has 138 valence electrons. The highest BCUT2D eigenvalue weighted by Gasteiger charge is 2.38. The van der Waals surface area contributed by atoms with Crippen molar-refractivity contribution < 1.29 is 14.3 Å². The highest BCUT2D eigenvalue weighted by molar-refractivity contribution is 7.98. The second kappa shape index (κ2) is 8.12. The van der Waals surface area contributed by atoms with Gasteiger partial charge in [0.2, 0.25) is 0 Å². The molecule has 0 bridgehead atoms. The quantitative estimate of drug-likeness (QED) is 0.617. The summed E-state index contributed by atoms with van der Waals surface area (Å²) in [6.45, 7) is 4.25. The van der Waals surface area contributed by atoms with E-state index in [2.05, 4.69) is 5.32 Å². The van der Waals surface area contributed by atoms with Crippen LogP contribution in [0, 0.1) is 0 Å². The summed E-state index contributed by atoms with van der Waals surface area (Å²) >= 11 is 1.67. The predicted octanol–water partition coefficient (Wildman–Crippen LogP) is 4.33. The topological polar surface area (TPSA) is 55.4 Å². The third-order valence-corrected chi connectivity index (χ3v) is 5.63. The van der Waals surface area contributed by atoms with Gasteiger partial charge in [-0.05, 0) is 50.1 Å². The van der Waals surface area contributed by atoms with Crippen LogP contribution in [0.2, 0.25) is 0 Å². The number of Topliss-reactive ketones (excluding diaryl/α,β-unsaturated/α-hetero) is 1.